The van der Waals surface area contributed by atoms with Crippen LogP contribution in [0.15, 0.2) is 42.5 Å². The highest BCUT2D eigenvalue weighted by Crippen LogP contribution is 2.23. The number of amides is 1. The number of carbonyl (C=O) groups excluding carboxylic acids is 1. The van der Waals surface area contributed by atoms with E-state index in [-0.39, 0.29) is 0 Å². The van der Waals surface area contributed by atoms with Gasteiger partial charge in [-0.15, -0.1) is 0 Å². The lowest BCUT2D eigenvalue weighted by molar-refractivity contribution is 0.102. The van der Waals surface area contributed by atoms with Gasteiger partial charge in [0, 0.05) is 5.56 Å². The molecule has 0 aromatic heterocycles. The van der Waals surface area contributed by atoms with Crippen LogP contribution in [0.3, 0.4) is 0 Å². The number of nitrogens with zero attached hydrogens (tertiary/aromatic N) is 1. The van der Waals surface area contributed by atoms with Gasteiger partial charge in [0.2, 0.25) is 0 Å². The van der Waals surface area contributed by atoms with Crippen LogP contribution in [0.4, 0.5) is 10.1 Å². The Kier molecular flexibility index (Phi) is 3.79. The maximum Gasteiger partial charge on any atom is 0.255 e. The highest BCUT2D eigenvalue weighted by atomic mass is 35.5. The quantitative estimate of drug-likeness (QED) is 0.909. The van der Waals surface area contributed by atoms with Crippen LogP contribution in [0, 0.1) is 17.1 Å². The number of anilines is 1. The molecule has 0 saturated carbocycles. The molecule has 0 bridgehead atoms. The maximum atomic E-state index is 12.8. The minimum Gasteiger partial charge on any atom is -0.321 e. The van der Waals surface area contributed by atoms with Crippen LogP contribution >= 0.6 is 11.6 Å². The molecule has 0 radical (unpaired) electrons. The molecular formula is C14H8ClFN2O. The Morgan fingerprint density at radius 3 is 2.53 bits per heavy atom. The summed E-state index contributed by atoms with van der Waals surface area (Å²) in [5.41, 5.74) is 1.04. The highest BCUT2D eigenvalue weighted by Gasteiger charge is 2.09. The number of hydrogen-bond donors (Lipinski definition) is 1. The summed E-state index contributed by atoms with van der Waals surface area (Å²) in [4.78, 5) is 11.9. The Morgan fingerprint density at radius 1 is 1.21 bits per heavy atom. The van der Waals surface area contributed by atoms with E-state index in [1.807, 2.05) is 6.07 Å². The average molecular weight is 275 g/mol. The van der Waals surface area contributed by atoms with E-state index in [9.17, 15) is 9.18 Å². The number of nitrogens with one attached hydrogen (secondary N) is 1. The van der Waals surface area contributed by atoms with Crippen molar-refractivity contribution in [1.29, 1.82) is 5.26 Å². The number of nitriles is 1. The van der Waals surface area contributed by atoms with Crippen molar-refractivity contribution in [3.63, 3.8) is 0 Å². The molecule has 2 aromatic rings. The summed E-state index contributed by atoms with van der Waals surface area (Å²) in [6, 6.07) is 11.6. The van der Waals surface area contributed by atoms with Crippen molar-refractivity contribution in [3.8, 4) is 6.07 Å². The molecule has 0 aliphatic rings. The first-order valence-corrected chi connectivity index (χ1v) is 5.74. The summed E-state index contributed by atoms with van der Waals surface area (Å²) < 4.78 is 12.8. The first-order valence-electron chi connectivity index (χ1n) is 5.37. The Hall–Kier alpha value is -2.38. The summed E-state index contributed by atoms with van der Waals surface area (Å²) in [7, 11) is 0. The Balaban J connectivity index is 2.24. The summed E-state index contributed by atoms with van der Waals surface area (Å²) >= 11 is 5.93. The van der Waals surface area contributed by atoms with Crippen molar-refractivity contribution in [2.24, 2.45) is 0 Å². The number of halogens is 2. The van der Waals surface area contributed by atoms with Gasteiger partial charge in [-0.3, -0.25) is 4.79 Å². The van der Waals surface area contributed by atoms with Crippen LogP contribution in [0.5, 0.6) is 0 Å². The zero-order valence-corrected chi connectivity index (χ0v) is 10.4. The predicted octanol–water partition coefficient (Wildman–Crippen LogP) is 3.60. The lowest BCUT2D eigenvalue weighted by Gasteiger charge is -2.07. The summed E-state index contributed by atoms with van der Waals surface area (Å²) in [5.74, 6) is -0.835. The second kappa shape index (κ2) is 5.51. The van der Waals surface area contributed by atoms with Gasteiger partial charge in [0.25, 0.3) is 5.91 Å². The van der Waals surface area contributed by atoms with Gasteiger partial charge in [-0.2, -0.15) is 5.26 Å². The second-order valence-corrected chi connectivity index (χ2v) is 4.17. The smallest absolute Gasteiger partial charge is 0.255 e. The molecule has 0 fully saturated rings. The summed E-state index contributed by atoms with van der Waals surface area (Å²) in [6.45, 7) is 0. The zero-order valence-electron chi connectivity index (χ0n) is 9.65. The molecule has 0 saturated heterocycles. The van der Waals surface area contributed by atoms with Gasteiger partial charge in [0.05, 0.1) is 22.3 Å². The van der Waals surface area contributed by atoms with Crippen LogP contribution in [0.1, 0.15) is 15.9 Å². The molecule has 0 atom stereocenters. The topological polar surface area (TPSA) is 52.9 Å². The van der Waals surface area contributed by atoms with Gasteiger partial charge in [0.1, 0.15) is 5.82 Å². The van der Waals surface area contributed by atoms with E-state index in [4.69, 9.17) is 16.9 Å². The highest BCUT2D eigenvalue weighted by molar-refractivity contribution is 6.34. The summed E-state index contributed by atoms with van der Waals surface area (Å²) in [5, 5.41) is 11.7. The summed E-state index contributed by atoms with van der Waals surface area (Å²) in [6.07, 6.45) is 0. The van der Waals surface area contributed by atoms with Gasteiger partial charge in [-0.05, 0) is 42.5 Å². The minimum atomic E-state index is -0.419. The molecule has 3 nitrogen and oxygen atoms in total. The fourth-order valence-corrected chi connectivity index (χ4v) is 1.65. The molecule has 2 rings (SSSR count). The van der Waals surface area contributed by atoms with Crippen molar-refractivity contribution >= 4 is 23.2 Å². The Bertz CT molecular complexity index is 662. The SMILES string of the molecule is N#Cc1ccc(Cl)c(NC(=O)c2ccc(F)cc2)c1. The molecule has 1 N–H and O–H groups in total. The van der Waals surface area contributed by atoms with Gasteiger partial charge in [0.15, 0.2) is 0 Å². The van der Waals surface area contributed by atoms with E-state index < -0.39 is 11.7 Å². The molecule has 0 unspecified atom stereocenters. The van der Waals surface area contributed by atoms with E-state index in [2.05, 4.69) is 5.32 Å². The number of hydrogen-bond acceptors (Lipinski definition) is 2. The molecule has 19 heavy (non-hydrogen) atoms. The Morgan fingerprint density at radius 2 is 1.89 bits per heavy atom. The van der Waals surface area contributed by atoms with Gasteiger partial charge in [-0.1, -0.05) is 11.6 Å². The predicted molar refractivity (Wildman–Crippen MR) is 70.5 cm³/mol. The molecule has 0 aliphatic heterocycles. The van der Waals surface area contributed by atoms with E-state index >= 15 is 0 Å². The van der Waals surface area contributed by atoms with Crippen molar-refractivity contribution in [1.82, 2.24) is 0 Å². The molecule has 0 heterocycles. The van der Waals surface area contributed by atoms with E-state index in [0.29, 0.717) is 21.8 Å². The van der Waals surface area contributed by atoms with Crippen LogP contribution in [0.25, 0.3) is 0 Å². The third-order valence-electron chi connectivity index (χ3n) is 2.45. The van der Waals surface area contributed by atoms with E-state index in [1.165, 1.54) is 36.4 Å². The molecule has 5 heteroatoms. The lowest BCUT2D eigenvalue weighted by atomic mass is 10.2. The fraction of sp³-hybridized carbons (Fsp3) is 0. The van der Waals surface area contributed by atoms with Crippen LogP contribution < -0.4 is 5.32 Å². The standard InChI is InChI=1S/C14H8ClFN2O/c15-12-6-1-9(8-17)7-13(12)18-14(19)10-2-4-11(16)5-3-10/h1-7H,(H,18,19). The number of carbonyl (C=O) groups is 1. The molecule has 0 spiro atoms. The first kappa shape index (κ1) is 13.1. The normalized spacial score (nSPS) is 9.74. The van der Waals surface area contributed by atoms with Crippen LogP contribution in [-0.2, 0) is 0 Å². The number of rotatable bonds is 2. The van der Waals surface area contributed by atoms with Gasteiger partial charge >= 0.3 is 0 Å². The third kappa shape index (κ3) is 3.09. The molecule has 2 aromatic carbocycles. The fourth-order valence-electron chi connectivity index (χ4n) is 1.49. The second-order valence-electron chi connectivity index (χ2n) is 3.77. The Labute approximate surface area is 114 Å². The average Bonchev–Trinajstić information content (AvgIpc) is 2.42. The number of benzene rings is 2. The van der Waals surface area contributed by atoms with Crippen molar-refractivity contribution in [2.75, 3.05) is 5.32 Å². The molecule has 94 valence electrons. The largest absolute Gasteiger partial charge is 0.321 e. The monoisotopic (exact) mass is 274 g/mol. The zero-order chi connectivity index (χ0) is 13.8. The molecule has 1 amide bonds. The first-order chi connectivity index (χ1) is 9.10. The van der Waals surface area contributed by atoms with Crippen molar-refractivity contribution < 1.29 is 9.18 Å². The lowest BCUT2D eigenvalue weighted by Crippen LogP contribution is -2.12. The minimum absolute atomic E-state index is 0.305. The molecular weight excluding hydrogens is 267 g/mol. The van der Waals surface area contributed by atoms with Gasteiger partial charge < -0.3 is 5.32 Å². The third-order valence-corrected chi connectivity index (χ3v) is 2.78. The van der Waals surface area contributed by atoms with Crippen LogP contribution in [-0.4, -0.2) is 5.91 Å². The van der Waals surface area contributed by atoms with Crippen molar-refractivity contribution in [3.05, 3.63) is 64.4 Å². The van der Waals surface area contributed by atoms with Crippen LogP contribution in [0.2, 0.25) is 5.02 Å². The van der Waals surface area contributed by atoms with Gasteiger partial charge in [-0.25, -0.2) is 4.39 Å². The van der Waals surface area contributed by atoms with E-state index in [1.54, 1.807) is 6.07 Å². The van der Waals surface area contributed by atoms with E-state index in [0.717, 1.165) is 0 Å². The maximum absolute atomic E-state index is 12.8. The van der Waals surface area contributed by atoms with Crippen molar-refractivity contribution in [2.45, 2.75) is 0 Å². The molecule has 0 aliphatic carbocycles.